The monoisotopic (exact) mass is 349 g/mol. The average molecular weight is 350 g/mol. The lowest BCUT2D eigenvalue weighted by Crippen LogP contribution is -2.36. The first-order chi connectivity index (χ1) is 11.1. The van der Waals surface area contributed by atoms with Crippen molar-refractivity contribution in [1.29, 1.82) is 0 Å². The van der Waals surface area contributed by atoms with Crippen molar-refractivity contribution in [3.63, 3.8) is 0 Å². The van der Waals surface area contributed by atoms with Crippen LogP contribution in [0.25, 0.3) is 0 Å². The van der Waals surface area contributed by atoms with Crippen LogP contribution in [0.4, 0.5) is 5.69 Å². The molecule has 1 atom stereocenters. The number of anilines is 1. The molecule has 23 heavy (non-hydrogen) atoms. The molecular formula is C17H17Cl2N3O. The first-order valence-electron chi connectivity index (χ1n) is 7.19. The van der Waals surface area contributed by atoms with Gasteiger partial charge in [-0.15, -0.1) is 0 Å². The molecule has 6 heteroatoms. The summed E-state index contributed by atoms with van der Waals surface area (Å²) >= 11 is 11.9. The van der Waals surface area contributed by atoms with Gasteiger partial charge in [-0.25, -0.2) is 5.43 Å². The molecule has 120 valence electrons. The zero-order chi connectivity index (χ0) is 16.7. The van der Waals surface area contributed by atoms with Crippen molar-refractivity contribution >= 4 is 41.0 Å². The van der Waals surface area contributed by atoms with Gasteiger partial charge in [0.2, 0.25) is 0 Å². The highest BCUT2D eigenvalue weighted by Crippen LogP contribution is 2.19. The van der Waals surface area contributed by atoms with Crippen molar-refractivity contribution < 1.29 is 4.79 Å². The van der Waals surface area contributed by atoms with Crippen LogP contribution in [-0.4, -0.2) is 18.2 Å². The summed E-state index contributed by atoms with van der Waals surface area (Å²) in [4.78, 5) is 12.2. The highest BCUT2D eigenvalue weighted by Gasteiger charge is 2.15. The minimum atomic E-state index is -0.366. The first kappa shape index (κ1) is 17.3. The van der Waals surface area contributed by atoms with Gasteiger partial charge in [-0.3, -0.25) is 4.79 Å². The number of halogens is 2. The van der Waals surface area contributed by atoms with Gasteiger partial charge < -0.3 is 5.32 Å². The molecule has 0 fully saturated rings. The second-order valence-corrected chi connectivity index (χ2v) is 5.71. The number of nitrogens with zero attached hydrogens (tertiary/aromatic N) is 1. The third-order valence-electron chi connectivity index (χ3n) is 3.18. The summed E-state index contributed by atoms with van der Waals surface area (Å²) in [5.41, 5.74) is 4.09. The molecule has 0 spiro atoms. The molecule has 0 aromatic heterocycles. The van der Waals surface area contributed by atoms with Gasteiger partial charge in [-0.2, -0.15) is 5.10 Å². The summed E-state index contributed by atoms with van der Waals surface area (Å²) in [6.45, 7) is 1.93. The van der Waals surface area contributed by atoms with Crippen LogP contribution in [-0.2, 0) is 4.79 Å². The number of hydrazone groups is 1. The van der Waals surface area contributed by atoms with Crippen molar-refractivity contribution in [2.24, 2.45) is 5.10 Å². The zero-order valence-corrected chi connectivity index (χ0v) is 14.1. The van der Waals surface area contributed by atoms with Gasteiger partial charge in [0.05, 0.1) is 11.2 Å². The van der Waals surface area contributed by atoms with Crippen LogP contribution < -0.4 is 10.7 Å². The van der Waals surface area contributed by atoms with Crippen molar-refractivity contribution in [2.45, 2.75) is 19.4 Å². The Kier molecular flexibility index (Phi) is 6.44. The van der Waals surface area contributed by atoms with Crippen LogP contribution in [0, 0.1) is 0 Å². The standard InChI is InChI=1S/C17H17Cl2N3O/c1-2-16(21-14-6-4-3-5-7-14)17(23)22-20-11-12-8-9-13(18)10-15(12)19/h3-11,16,21H,2H2,1H3,(H,22,23)/b20-11-/t16-/m0/s1. The highest BCUT2D eigenvalue weighted by atomic mass is 35.5. The fourth-order valence-electron chi connectivity index (χ4n) is 1.94. The quantitative estimate of drug-likeness (QED) is 0.602. The molecule has 2 rings (SSSR count). The van der Waals surface area contributed by atoms with E-state index in [1.165, 1.54) is 6.21 Å². The van der Waals surface area contributed by atoms with Crippen LogP contribution in [0.15, 0.2) is 53.6 Å². The maximum absolute atomic E-state index is 12.2. The summed E-state index contributed by atoms with van der Waals surface area (Å²) in [7, 11) is 0. The van der Waals surface area contributed by atoms with Crippen molar-refractivity contribution in [2.75, 3.05) is 5.32 Å². The lowest BCUT2D eigenvalue weighted by molar-refractivity contribution is -0.121. The van der Waals surface area contributed by atoms with Gasteiger partial charge in [0.25, 0.3) is 5.91 Å². The molecule has 0 heterocycles. The molecule has 0 saturated carbocycles. The average Bonchev–Trinajstić information content (AvgIpc) is 2.55. The van der Waals surface area contributed by atoms with Gasteiger partial charge in [0.1, 0.15) is 6.04 Å². The maximum Gasteiger partial charge on any atom is 0.262 e. The number of hydrogen-bond donors (Lipinski definition) is 2. The molecule has 4 nitrogen and oxygen atoms in total. The fourth-order valence-corrected chi connectivity index (χ4v) is 2.40. The summed E-state index contributed by atoms with van der Waals surface area (Å²) in [5, 5.41) is 8.14. The van der Waals surface area contributed by atoms with E-state index in [9.17, 15) is 4.79 Å². The Morgan fingerprint density at radius 3 is 2.61 bits per heavy atom. The number of carbonyl (C=O) groups excluding carboxylic acids is 1. The van der Waals surface area contributed by atoms with E-state index in [1.54, 1.807) is 18.2 Å². The minimum absolute atomic E-state index is 0.210. The predicted molar refractivity (Wildman–Crippen MR) is 96.3 cm³/mol. The zero-order valence-electron chi connectivity index (χ0n) is 12.6. The summed E-state index contributed by atoms with van der Waals surface area (Å²) in [6.07, 6.45) is 2.13. The number of hydrogen-bond acceptors (Lipinski definition) is 3. The Morgan fingerprint density at radius 2 is 1.96 bits per heavy atom. The molecule has 0 saturated heterocycles. The fraction of sp³-hybridized carbons (Fsp3) is 0.176. The van der Waals surface area contributed by atoms with Crippen LogP contribution in [0.5, 0.6) is 0 Å². The molecule has 0 aliphatic rings. The van der Waals surface area contributed by atoms with Crippen molar-refractivity contribution in [3.8, 4) is 0 Å². The lowest BCUT2D eigenvalue weighted by atomic mass is 10.2. The third kappa shape index (κ3) is 5.27. The summed E-state index contributed by atoms with van der Waals surface area (Å²) < 4.78 is 0. The van der Waals surface area contributed by atoms with Crippen LogP contribution >= 0.6 is 23.2 Å². The number of carbonyl (C=O) groups is 1. The van der Waals surface area contributed by atoms with Crippen molar-refractivity contribution in [3.05, 3.63) is 64.1 Å². The van der Waals surface area contributed by atoms with E-state index in [0.29, 0.717) is 22.0 Å². The van der Waals surface area contributed by atoms with Crippen molar-refractivity contribution in [1.82, 2.24) is 5.43 Å². The van der Waals surface area contributed by atoms with Crippen LogP contribution in [0.1, 0.15) is 18.9 Å². The molecule has 0 radical (unpaired) electrons. The normalized spacial score (nSPS) is 12.1. The Hall–Kier alpha value is -2.04. The molecule has 1 amide bonds. The SMILES string of the molecule is CC[C@H](Nc1ccccc1)C(=O)N/N=C\c1ccc(Cl)cc1Cl. The number of rotatable bonds is 6. The number of para-hydroxylation sites is 1. The van der Waals surface area contributed by atoms with E-state index in [0.717, 1.165) is 5.69 Å². The molecule has 2 aromatic rings. The van der Waals surface area contributed by atoms with E-state index in [4.69, 9.17) is 23.2 Å². The smallest absolute Gasteiger partial charge is 0.262 e. The second-order valence-electron chi connectivity index (χ2n) is 4.87. The van der Waals surface area contributed by atoms with Gasteiger partial charge in [-0.1, -0.05) is 54.4 Å². The van der Waals surface area contributed by atoms with E-state index in [-0.39, 0.29) is 11.9 Å². The lowest BCUT2D eigenvalue weighted by Gasteiger charge is -2.16. The van der Waals surface area contributed by atoms with Gasteiger partial charge >= 0.3 is 0 Å². The topological polar surface area (TPSA) is 53.5 Å². The van der Waals surface area contributed by atoms with E-state index < -0.39 is 0 Å². The maximum atomic E-state index is 12.2. The molecule has 0 aliphatic carbocycles. The second kappa shape index (κ2) is 8.56. The Bertz CT molecular complexity index is 689. The molecule has 0 unspecified atom stereocenters. The van der Waals surface area contributed by atoms with E-state index >= 15 is 0 Å². The van der Waals surface area contributed by atoms with E-state index in [1.807, 2.05) is 37.3 Å². The number of benzene rings is 2. The van der Waals surface area contributed by atoms with Gasteiger partial charge in [0, 0.05) is 16.3 Å². The first-order valence-corrected chi connectivity index (χ1v) is 7.95. The number of nitrogens with one attached hydrogen (secondary N) is 2. The Labute approximate surface area is 145 Å². The molecule has 0 aliphatic heterocycles. The molecule has 2 aromatic carbocycles. The van der Waals surface area contributed by atoms with Crippen LogP contribution in [0.2, 0.25) is 10.0 Å². The molecular weight excluding hydrogens is 333 g/mol. The summed E-state index contributed by atoms with van der Waals surface area (Å²) in [5.74, 6) is -0.210. The minimum Gasteiger partial charge on any atom is -0.374 e. The Balaban J connectivity index is 1.95. The highest BCUT2D eigenvalue weighted by molar-refractivity contribution is 6.36. The third-order valence-corrected chi connectivity index (χ3v) is 3.74. The molecule has 0 bridgehead atoms. The predicted octanol–water partition coefficient (Wildman–Crippen LogP) is 4.33. The van der Waals surface area contributed by atoms with E-state index in [2.05, 4.69) is 15.8 Å². The molecule has 2 N–H and O–H groups in total. The number of amides is 1. The Morgan fingerprint density at radius 1 is 1.22 bits per heavy atom. The van der Waals surface area contributed by atoms with Gasteiger partial charge in [-0.05, 0) is 30.7 Å². The largest absolute Gasteiger partial charge is 0.374 e. The summed E-state index contributed by atoms with van der Waals surface area (Å²) in [6, 6.07) is 14.3. The van der Waals surface area contributed by atoms with Crippen LogP contribution in [0.3, 0.4) is 0 Å². The van der Waals surface area contributed by atoms with Gasteiger partial charge in [0.15, 0.2) is 0 Å².